The van der Waals surface area contributed by atoms with Gasteiger partial charge in [-0.15, -0.1) is 0 Å². The highest BCUT2D eigenvalue weighted by molar-refractivity contribution is 9.10. The maximum Gasteiger partial charge on any atom is 0.228 e. The topological polar surface area (TPSA) is 49.4 Å². The minimum Gasteiger partial charge on any atom is -0.355 e. The van der Waals surface area contributed by atoms with Crippen molar-refractivity contribution in [1.82, 2.24) is 10.2 Å². The second-order valence-corrected chi connectivity index (χ2v) is 6.68. The normalized spacial score (nSPS) is 21.8. The van der Waals surface area contributed by atoms with Crippen LogP contribution in [0.25, 0.3) is 0 Å². The van der Waals surface area contributed by atoms with Gasteiger partial charge >= 0.3 is 0 Å². The Bertz CT molecular complexity index is 547. The van der Waals surface area contributed by atoms with Crippen molar-refractivity contribution in [1.29, 1.82) is 0 Å². The highest BCUT2D eigenvalue weighted by atomic mass is 79.9. The average Bonchev–Trinajstić information content (AvgIpc) is 3.31. The first-order chi connectivity index (χ1) is 10.1. The Hall–Kier alpha value is -1.36. The lowest BCUT2D eigenvalue weighted by Gasteiger charge is -2.30. The van der Waals surface area contributed by atoms with E-state index in [1.807, 2.05) is 23.1 Å². The molecule has 1 aromatic carbocycles. The molecule has 1 saturated carbocycles. The highest BCUT2D eigenvalue weighted by Gasteiger charge is 2.37. The van der Waals surface area contributed by atoms with Gasteiger partial charge in [-0.1, -0.05) is 34.1 Å². The van der Waals surface area contributed by atoms with Crippen molar-refractivity contribution in [2.45, 2.75) is 38.3 Å². The molecule has 0 aromatic heterocycles. The maximum absolute atomic E-state index is 12.8. The lowest BCUT2D eigenvalue weighted by molar-refractivity contribution is -0.138. The number of nitrogens with one attached hydrogen (secondary N) is 1. The van der Waals surface area contributed by atoms with Crippen molar-refractivity contribution >= 4 is 27.7 Å². The van der Waals surface area contributed by atoms with E-state index in [2.05, 4.69) is 27.3 Å². The molecule has 1 aromatic rings. The molecule has 112 valence electrons. The lowest BCUT2D eigenvalue weighted by Crippen LogP contribution is -2.45. The number of rotatable bonds is 4. The van der Waals surface area contributed by atoms with Crippen LogP contribution < -0.4 is 5.32 Å². The Morgan fingerprint density at radius 3 is 2.67 bits per heavy atom. The first-order valence-electron chi connectivity index (χ1n) is 7.45. The lowest BCUT2D eigenvalue weighted by atomic mass is 9.97. The summed E-state index contributed by atoms with van der Waals surface area (Å²) in [6.45, 7) is 1.13. The SMILES string of the molecule is O=C1CCC(C(=O)N(Cc2ccccc2Br)C2CC2)CN1. The summed E-state index contributed by atoms with van der Waals surface area (Å²) in [5.74, 6) is 0.182. The fraction of sp³-hybridized carbons (Fsp3) is 0.500. The summed E-state index contributed by atoms with van der Waals surface area (Å²) in [5.41, 5.74) is 1.14. The summed E-state index contributed by atoms with van der Waals surface area (Å²) in [4.78, 5) is 26.0. The van der Waals surface area contributed by atoms with Gasteiger partial charge in [-0.2, -0.15) is 0 Å². The summed E-state index contributed by atoms with van der Waals surface area (Å²) in [6, 6.07) is 8.41. The van der Waals surface area contributed by atoms with Crippen LogP contribution in [-0.4, -0.2) is 29.3 Å². The molecule has 3 rings (SSSR count). The van der Waals surface area contributed by atoms with Gasteiger partial charge in [0.15, 0.2) is 0 Å². The van der Waals surface area contributed by atoms with Gasteiger partial charge in [0, 0.05) is 30.0 Å². The largest absolute Gasteiger partial charge is 0.355 e. The minimum atomic E-state index is -0.0641. The van der Waals surface area contributed by atoms with E-state index in [1.165, 1.54) is 0 Å². The fourth-order valence-electron chi connectivity index (χ4n) is 2.76. The maximum atomic E-state index is 12.8. The number of hydrogen-bond donors (Lipinski definition) is 1. The third-order valence-electron chi connectivity index (χ3n) is 4.18. The van der Waals surface area contributed by atoms with Crippen LogP contribution in [0.4, 0.5) is 0 Å². The summed E-state index contributed by atoms with van der Waals surface area (Å²) in [5, 5.41) is 2.81. The van der Waals surface area contributed by atoms with Crippen molar-refractivity contribution in [3.05, 3.63) is 34.3 Å². The number of amides is 2. The van der Waals surface area contributed by atoms with Gasteiger partial charge in [-0.3, -0.25) is 9.59 Å². The van der Waals surface area contributed by atoms with Crippen LogP contribution in [0.5, 0.6) is 0 Å². The Morgan fingerprint density at radius 2 is 2.05 bits per heavy atom. The minimum absolute atomic E-state index is 0.0582. The van der Waals surface area contributed by atoms with Gasteiger partial charge < -0.3 is 10.2 Å². The summed E-state index contributed by atoms with van der Waals surface area (Å²) in [7, 11) is 0. The van der Waals surface area contributed by atoms with E-state index < -0.39 is 0 Å². The average molecular weight is 351 g/mol. The molecule has 1 atom stereocenters. The van der Waals surface area contributed by atoms with Gasteiger partial charge in [0.05, 0.1) is 5.92 Å². The van der Waals surface area contributed by atoms with Gasteiger partial charge in [-0.25, -0.2) is 0 Å². The predicted octanol–water partition coefficient (Wildman–Crippen LogP) is 2.47. The molecule has 0 radical (unpaired) electrons. The zero-order chi connectivity index (χ0) is 14.8. The van der Waals surface area contributed by atoms with Gasteiger partial charge in [0.2, 0.25) is 11.8 Å². The molecule has 5 heteroatoms. The molecule has 1 unspecified atom stereocenters. The number of piperidine rings is 1. The predicted molar refractivity (Wildman–Crippen MR) is 83.4 cm³/mol. The number of hydrogen-bond acceptors (Lipinski definition) is 2. The van der Waals surface area contributed by atoms with E-state index in [0.717, 1.165) is 22.9 Å². The molecule has 21 heavy (non-hydrogen) atoms. The molecule has 0 spiro atoms. The third kappa shape index (κ3) is 3.46. The van der Waals surface area contributed by atoms with Crippen molar-refractivity contribution in [3.8, 4) is 0 Å². The Kier molecular flexibility index (Phi) is 4.29. The summed E-state index contributed by atoms with van der Waals surface area (Å²) in [6.07, 6.45) is 3.32. The van der Waals surface area contributed by atoms with Crippen molar-refractivity contribution in [2.24, 2.45) is 5.92 Å². The number of halogens is 1. The number of benzene rings is 1. The number of nitrogens with zero attached hydrogens (tertiary/aromatic N) is 1. The molecule has 4 nitrogen and oxygen atoms in total. The molecular formula is C16H19BrN2O2. The second-order valence-electron chi connectivity index (χ2n) is 5.83. The fourth-order valence-corrected chi connectivity index (χ4v) is 3.17. The van der Waals surface area contributed by atoms with Crippen molar-refractivity contribution < 1.29 is 9.59 Å². The molecule has 1 heterocycles. The monoisotopic (exact) mass is 350 g/mol. The van der Waals surface area contributed by atoms with Crippen LogP contribution in [0, 0.1) is 5.92 Å². The smallest absolute Gasteiger partial charge is 0.228 e. The van der Waals surface area contributed by atoms with E-state index in [1.54, 1.807) is 0 Å². The first kappa shape index (κ1) is 14.6. The Labute approximate surface area is 133 Å². The third-order valence-corrected chi connectivity index (χ3v) is 4.96. The van der Waals surface area contributed by atoms with Crippen LogP contribution >= 0.6 is 15.9 Å². The molecule has 2 fully saturated rings. The molecule has 1 saturated heterocycles. The molecule has 1 aliphatic carbocycles. The highest BCUT2D eigenvalue weighted by Crippen LogP contribution is 2.32. The molecule has 0 bridgehead atoms. The standard InChI is InChI=1S/C16H19BrN2O2/c17-14-4-2-1-3-12(14)10-19(13-6-7-13)16(21)11-5-8-15(20)18-9-11/h1-4,11,13H,5-10H2,(H,18,20). The molecule has 1 aliphatic heterocycles. The van der Waals surface area contributed by atoms with Gasteiger partial charge in [0.1, 0.15) is 0 Å². The van der Waals surface area contributed by atoms with Crippen LogP contribution in [-0.2, 0) is 16.1 Å². The molecule has 2 amide bonds. The van der Waals surface area contributed by atoms with Gasteiger partial charge in [-0.05, 0) is 30.9 Å². The van der Waals surface area contributed by atoms with E-state index >= 15 is 0 Å². The summed E-state index contributed by atoms with van der Waals surface area (Å²) < 4.78 is 1.04. The Balaban J connectivity index is 1.71. The van der Waals surface area contributed by atoms with Crippen LogP contribution in [0.15, 0.2) is 28.7 Å². The van der Waals surface area contributed by atoms with E-state index in [4.69, 9.17) is 0 Å². The van der Waals surface area contributed by atoms with E-state index in [0.29, 0.717) is 32.0 Å². The van der Waals surface area contributed by atoms with Crippen LogP contribution in [0.1, 0.15) is 31.2 Å². The molecule has 2 aliphatic rings. The second kappa shape index (κ2) is 6.18. The zero-order valence-electron chi connectivity index (χ0n) is 11.8. The summed E-state index contributed by atoms with van der Waals surface area (Å²) >= 11 is 3.55. The van der Waals surface area contributed by atoms with E-state index in [9.17, 15) is 9.59 Å². The van der Waals surface area contributed by atoms with Crippen molar-refractivity contribution in [2.75, 3.05) is 6.54 Å². The first-order valence-corrected chi connectivity index (χ1v) is 8.25. The van der Waals surface area contributed by atoms with Crippen LogP contribution in [0.3, 0.4) is 0 Å². The quantitative estimate of drug-likeness (QED) is 0.906. The van der Waals surface area contributed by atoms with E-state index in [-0.39, 0.29) is 17.7 Å². The Morgan fingerprint density at radius 1 is 1.29 bits per heavy atom. The number of carbonyl (C=O) groups is 2. The van der Waals surface area contributed by atoms with Crippen LogP contribution in [0.2, 0.25) is 0 Å². The molecular weight excluding hydrogens is 332 g/mol. The zero-order valence-corrected chi connectivity index (χ0v) is 13.4. The molecule has 1 N–H and O–H groups in total. The van der Waals surface area contributed by atoms with Gasteiger partial charge in [0.25, 0.3) is 0 Å². The number of carbonyl (C=O) groups excluding carboxylic acids is 2. The van der Waals surface area contributed by atoms with Crippen molar-refractivity contribution in [3.63, 3.8) is 0 Å².